The Morgan fingerprint density at radius 3 is 2.92 bits per heavy atom. The van der Waals surface area contributed by atoms with Crippen LogP contribution >= 0.6 is 0 Å². The molecule has 1 saturated carbocycles. The molecule has 1 aliphatic carbocycles. The molecule has 1 aromatic heterocycles. The summed E-state index contributed by atoms with van der Waals surface area (Å²) in [5.41, 5.74) is 0.661. The number of rotatable bonds is 3. The van der Waals surface area contributed by atoms with Gasteiger partial charge in [-0.3, -0.25) is 0 Å². The highest BCUT2D eigenvalue weighted by molar-refractivity contribution is 5.16. The first-order chi connectivity index (χ1) is 6.31. The van der Waals surface area contributed by atoms with Crippen LogP contribution in [0.25, 0.3) is 0 Å². The summed E-state index contributed by atoms with van der Waals surface area (Å²) in [5.74, 6) is 0.893. The molecule has 0 amide bonds. The van der Waals surface area contributed by atoms with Crippen LogP contribution in [0.5, 0.6) is 5.88 Å². The Bertz CT molecular complexity index is 299. The second-order valence-electron chi connectivity index (χ2n) is 3.27. The van der Waals surface area contributed by atoms with Gasteiger partial charge in [-0.25, -0.2) is 9.97 Å². The van der Waals surface area contributed by atoms with Gasteiger partial charge in [-0.05, 0) is 18.8 Å². The van der Waals surface area contributed by atoms with Crippen LogP contribution in [0.1, 0.15) is 24.6 Å². The summed E-state index contributed by atoms with van der Waals surface area (Å²) in [6.07, 6.45) is 3.15. The van der Waals surface area contributed by atoms with Crippen molar-refractivity contribution in [2.45, 2.75) is 18.9 Å². The van der Waals surface area contributed by atoms with E-state index < -0.39 is 6.10 Å². The minimum Gasteiger partial charge on any atom is -0.481 e. The maximum absolute atomic E-state index is 9.73. The normalized spacial score (nSPS) is 18.3. The van der Waals surface area contributed by atoms with Gasteiger partial charge in [-0.1, -0.05) is 0 Å². The average Bonchev–Trinajstić information content (AvgIpc) is 3.00. The number of aromatic nitrogens is 2. The lowest BCUT2D eigenvalue weighted by Crippen LogP contribution is -2.03. The molecular formula is C9H12N2O2. The number of aliphatic hydroxyl groups excluding tert-OH is 1. The SMILES string of the molecule is COc1cc(C(O)C2CC2)ncn1. The largest absolute Gasteiger partial charge is 0.481 e. The van der Waals surface area contributed by atoms with Crippen molar-refractivity contribution in [3.8, 4) is 5.88 Å². The van der Waals surface area contributed by atoms with E-state index in [9.17, 15) is 5.11 Å². The number of methoxy groups -OCH3 is 1. The molecule has 70 valence electrons. The summed E-state index contributed by atoms with van der Waals surface area (Å²) in [4.78, 5) is 7.88. The first-order valence-electron chi connectivity index (χ1n) is 4.35. The van der Waals surface area contributed by atoms with Gasteiger partial charge in [0.1, 0.15) is 6.33 Å². The van der Waals surface area contributed by atoms with Crippen molar-refractivity contribution >= 4 is 0 Å². The van der Waals surface area contributed by atoms with Crippen molar-refractivity contribution in [3.63, 3.8) is 0 Å². The van der Waals surface area contributed by atoms with Crippen molar-refractivity contribution in [2.24, 2.45) is 5.92 Å². The van der Waals surface area contributed by atoms with E-state index in [2.05, 4.69) is 9.97 Å². The first-order valence-corrected chi connectivity index (χ1v) is 4.35. The summed E-state index contributed by atoms with van der Waals surface area (Å²) in [6.45, 7) is 0. The van der Waals surface area contributed by atoms with Crippen molar-refractivity contribution in [1.29, 1.82) is 0 Å². The second-order valence-corrected chi connectivity index (χ2v) is 3.27. The van der Waals surface area contributed by atoms with E-state index in [0.717, 1.165) is 12.8 Å². The summed E-state index contributed by atoms with van der Waals surface area (Å²) in [7, 11) is 1.55. The number of nitrogens with zero attached hydrogens (tertiary/aromatic N) is 2. The third-order valence-corrected chi connectivity index (χ3v) is 2.24. The highest BCUT2D eigenvalue weighted by atomic mass is 16.5. The average molecular weight is 180 g/mol. The van der Waals surface area contributed by atoms with Crippen molar-refractivity contribution in [3.05, 3.63) is 18.1 Å². The standard InChI is InChI=1S/C9H12N2O2/c1-13-8-4-7(10-5-11-8)9(12)6-2-3-6/h4-6,9,12H,2-3H2,1H3. The molecule has 1 aliphatic rings. The molecule has 1 fully saturated rings. The van der Waals surface area contributed by atoms with Crippen molar-refractivity contribution in [2.75, 3.05) is 7.11 Å². The second kappa shape index (κ2) is 3.30. The van der Waals surface area contributed by atoms with Crippen LogP contribution in [0.2, 0.25) is 0 Å². The van der Waals surface area contributed by atoms with Gasteiger partial charge in [-0.2, -0.15) is 0 Å². The van der Waals surface area contributed by atoms with Gasteiger partial charge in [0.05, 0.1) is 18.9 Å². The van der Waals surface area contributed by atoms with E-state index in [1.54, 1.807) is 13.2 Å². The summed E-state index contributed by atoms with van der Waals surface area (Å²) in [6, 6.07) is 1.68. The Balaban J connectivity index is 2.18. The molecule has 0 spiro atoms. The van der Waals surface area contributed by atoms with E-state index in [4.69, 9.17) is 4.74 Å². The lowest BCUT2D eigenvalue weighted by Gasteiger charge is -2.08. The van der Waals surface area contributed by atoms with Gasteiger partial charge in [0.2, 0.25) is 5.88 Å². The Hall–Kier alpha value is -1.16. The number of ether oxygens (including phenoxy) is 1. The van der Waals surface area contributed by atoms with Crippen LogP contribution in [-0.4, -0.2) is 22.2 Å². The van der Waals surface area contributed by atoms with Gasteiger partial charge in [0, 0.05) is 6.07 Å². The molecule has 4 heteroatoms. The van der Waals surface area contributed by atoms with E-state index in [-0.39, 0.29) is 0 Å². The fraction of sp³-hybridized carbons (Fsp3) is 0.556. The molecule has 4 nitrogen and oxygen atoms in total. The number of hydrogen-bond acceptors (Lipinski definition) is 4. The van der Waals surface area contributed by atoms with Crippen LogP contribution in [0.4, 0.5) is 0 Å². The van der Waals surface area contributed by atoms with E-state index in [1.165, 1.54) is 6.33 Å². The van der Waals surface area contributed by atoms with Gasteiger partial charge in [0.15, 0.2) is 0 Å². The summed E-state index contributed by atoms with van der Waals surface area (Å²) in [5, 5.41) is 9.73. The smallest absolute Gasteiger partial charge is 0.216 e. The van der Waals surface area contributed by atoms with Crippen molar-refractivity contribution < 1.29 is 9.84 Å². The van der Waals surface area contributed by atoms with E-state index in [0.29, 0.717) is 17.5 Å². The zero-order valence-corrected chi connectivity index (χ0v) is 7.47. The Morgan fingerprint density at radius 1 is 1.54 bits per heavy atom. The van der Waals surface area contributed by atoms with Gasteiger partial charge >= 0.3 is 0 Å². The molecule has 0 radical (unpaired) electrons. The molecule has 13 heavy (non-hydrogen) atoms. The third kappa shape index (κ3) is 1.78. The summed E-state index contributed by atoms with van der Waals surface area (Å²) >= 11 is 0. The number of hydrogen-bond donors (Lipinski definition) is 1. The molecule has 1 N–H and O–H groups in total. The Morgan fingerprint density at radius 2 is 2.31 bits per heavy atom. The predicted octanol–water partition coefficient (Wildman–Crippen LogP) is 0.929. The van der Waals surface area contributed by atoms with E-state index in [1.807, 2.05) is 0 Å². The quantitative estimate of drug-likeness (QED) is 0.751. The van der Waals surface area contributed by atoms with Gasteiger partial charge in [0.25, 0.3) is 0 Å². The fourth-order valence-electron chi connectivity index (χ4n) is 1.28. The summed E-state index contributed by atoms with van der Waals surface area (Å²) < 4.78 is 4.94. The number of aliphatic hydroxyl groups is 1. The molecule has 0 saturated heterocycles. The Kier molecular flexibility index (Phi) is 2.14. The maximum Gasteiger partial charge on any atom is 0.216 e. The zero-order chi connectivity index (χ0) is 9.26. The molecule has 2 rings (SSSR count). The first kappa shape index (κ1) is 8.44. The van der Waals surface area contributed by atoms with Crippen LogP contribution in [-0.2, 0) is 0 Å². The van der Waals surface area contributed by atoms with Gasteiger partial charge in [-0.15, -0.1) is 0 Å². The highest BCUT2D eigenvalue weighted by Gasteiger charge is 2.31. The minimum atomic E-state index is -0.447. The molecule has 1 aromatic rings. The van der Waals surface area contributed by atoms with Crippen LogP contribution in [0.15, 0.2) is 12.4 Å². The van der Waals surface area contributed by atoms with Crippen LogP contribution in [0, 0.1) is 5.92 Å². The fourth-order valence-corrected chi connectivity index (χ4v) is 1.28. The molecule has 1 atom stereocenters. The maximum atomic E-state index is 9.73. The molecular weight excluding hydrogens is 168 g/mol. The van der Waals surface area contributed by atoms with Crippen LogP contribution in [0.3, 0.4) is 0 Å². The third-order valence-electron chi connectivity index (χ3n) is 2.24. The van der Waals surface area contributed by atoms with Crippen LogP contribution < -0.4 is 4.74 Å². The van der Waals surface area contributed by atoms with Crippen molar-refractivity contribution in [1.82, 2.24) is 9.97 Å². The minimum absolute atomic E-state index is 0.389. The predicted molar refractivity (Wildman–Crippen MR) is 46.3 cm³/mol. The van der Waals surface area contributed by atoms with Gasteiger partial charge < -0.3 is 9.84 Å². The Labute approximate surface area is 76.6 Å². The molecule has 0 aliphatic heterocycles. The zero-order valence-electron chi connectivity index (χ0n) is 7.47. The van der Waals surface area contributed by atoms with E-state index >= 15 is 0 Å². The molecule has 1 unspecified atom stereocenters. The lowest BCUT2D eigenvalue weighted by molar-refractivity contribution is 0.148. The molecule has 0 aromatic carbocycles. The topological polar surface area (TPSA) is 55.2 Å². The monoisotopic (exact) mass is 180 g/mol. The lowest BCUT2D eigenvalue weighted by atomic mass is 10.1. The molecule has 0 bridgehead atoms. The highest BCUT2D eigenvalue weighted by Crippen LogP contribution is 2.40. The molecule has 1 heterocycles.